The summed E-state index contributed by atoms with van der Waals surface area (Å²) in [5, 5.41) is 0. The van der Waals surface area contributed by atoms with Crippen LogP contribution in [-0.4, -0.2) is 18.4 Å². The molecule has 0 heterocycles. The van der Waals surface area contributed by atoms with Crippen LogP contribution in [0.15, 0.2) is 24.3 Å². The van der Waals surface area contributed by atoms with E-state index in [2.05, 4.69) is 0 Å². The smallest absolute Gasteiger partial charge is 0.319 e. The maximum Gasteiger partial charge on any atom is 0.319 e. The molecule has 1 atom stereocenters. The standard InChI is InChI=1S/C15H18O3/c1-4-18-14(17)15(2,3)13(16)12-9-10-7-5-6-8-11(10)12/h5-8,12H,4,9H2,1-3H3. The molecule has 1 unspecified atom stereocenters. The van der Waals surface area contributed by atoms with Crippen molar-refractivity contribution in [3.05, 3.63) is 35.4 Å². The Morgan fingerprint density at radius 2 is 2.00 bits per heavy atom. The molecular formula is C15H18O3. The predicted molar refractivity (Wildman–Crippen MR) is 68.3 cm³/mol. The third kappa shape index (κ3) is 1.94. The van der Waals surface area contributed by atoms with Crippen LogP contribution in [0.4, 0.5) is 0 Å². The first-order chi connectivity index (χ1) is 8.48. The molecule has 0 radical (unpaired) electrons. The number of fused-ring (bicyclic) bond motifs is 1. The van der Waals surface area contributed by atoms with Crippen molar-refractivity contribution in [3.8, 4) is 0 Å². The van der Waals surface area contributed by atoms with Crippen LogP contribution in [0.2, 0.25) is 0 Å². The second kappa shape index (κ2) is 4.56. The van der Waals surface area contributed by atoms with Gasteiger partial charge in [-0.15, -0.1) is 0 Å². The molecule has 0 amide bonds. The van der Waals surface area contributed by atoms with Gasteiger partial charge in [0.1, 0.15) is 5.41 Å². The zero-order valence-electron chi connectivity index (χ0n) is 11.0. The Bertz CT molecular complexity index is 488. The second-order valence-corrected chi connectivity index (χ2v) is 5.17. The maximum absolute atomic E-state index is 12.4. The van der Waals surface area contributed by atoms with E-state index in [1.54, 1.807) is 20.8 Å². The Labute approximate surface area is 107 Å². The lowest BCUT2D eigenvalue weighted by Crippen LogP contribution is -2.41. The summed E-state index contributed by atoms with van der Waals surface area (Å²) in [5.41, 5.74) is 1.20. The van der Waals surface area contributed by atoms with Crippen LogP contribution in [0.25, 0.3) is 0 Å². The molecule has 0 saturated heterocycles. The largest absolute Gasteiger partial charge is 0.465 e. The summed E-state index contributed by atoms with van der Waals surface area (Å²) in [6, 6.07) is 7.88. The zero-order chi connectivity index (χ0) is 13.3. The van der Waals surface area contributed by atoms with Gasteiger partial charge < -0.3 is 4.74 Å². The lowest BCUT2D eigenvalue weighted by Gasteiger charge is -2.33. The summed E-state index contributed by atoms with van der Waals surface area (Å²) in [6.07, 6.45) is 0.734. The molecule has 1 aliphatic rings. The minimum absolute atomic E-state index is 0.0420. The van der Waals surface area contributed by atoms with Gasteiger partial charge in [0.05, 0.1) is 6.61 Å². The topological polar surface area (TPSA) is 43.4 Å². The van der Waals surface area contributed by atoms with E-state index in [9.17, 15) is 9.59 Å². The number of ether oxygens (including phenoxy) is 1. The van der Waals surface area contributed by atoms with Gasteiger partial charge in [0.25, 0.3) is 0 Å². The summed E-state index contributed by atoms with van der Waals surface area (Å²) in [5.74, 6) is -0.625. The molecule has 0 N–H and O–H groups in total. The lowest BCUT2D eigenvalue weighted by atomic mass is 9.68. The Morgan fingerprint density at radius 3 is 2.61 bits per heavy atom. The first-order valence-corrected chi connectivity index (χ1v) is 6.27. The monoisotopic (exact) mass is 246 g/mol. The van der Waals surface area contributed by atoms with Crippen molar-refractivity contribution in [1.82, 2.24) is 0 Å². The number of benzene rings is 1. The van der Waals surface area contributed by atoms with Gasteiger partial charge in [-0.2, -0.15) is 0 Å². The van der Waals surface area contributed by atoms with Crippen LogP contribution < -0.4 is 0 Å². The van der Waals surface area contributed by atoms with E-state index in [1.807, 2.05) is 24.3 Å². The summed E-state index contributed by atoms with van der Waals surface area (Å²) < 4.78 is 4.97. The van der Waals surface area contributed by atoms with Crippen molar-refractivity contribution < 1.29 is 14.3 Å². The summed E-state index contributed by atoms with van der Waals surface area (Å²) in [6.45, 7) is 5.34. The fraction of sp³-hybridized carbons (Fsp3) is 0.467. The van der Waals surface area contributed by atoms with Gasteiger partial charge in [0.2, 0.25) is 0 Å². The van der Waals surface area contributed by atoms with Gasteiger partial charge in [-0.05, 0) is 38.3 Å². The SMILES string of the molecule is CCOC(=O)C(C)(C)C(=O)C1Cc2ccccc21. The van der Waals surface area contributed by atoms with Crippen LogP contribution in [0.3, 0.4) is 0 Å². The van der Waals surface area contributed by atoms with E-state index in [4.69, 9.17) is 4.74 Å². The van der Waals surface area contributed by atoms with E-state index in [1.165, 1.54) is 5.56 Å². The van der Waals surface area contributed by atoms with E-state index in [0.717, 1.165) is 12.0 Å². The molecule has 0 aromatic heterocycles. The molecule has 18 heavy (non-hydrogen) atoms. The van der Waals surface area contributed by atoms with E-state index in [-0.39, 0.29) is 11.7 Å². The van der Waals surface area contributed by atoms with Crippen LogP contribution in [0, 0.1) is 5.41 Å². The third-order valence-electron chi connectivity index (χ3n) is 3.57. The van der Waals surface area contributed by atoms with Gasteiger partial charge in [-0.3, -0.25) is 9.59 Å². The highest BCUT2D eigenvalue weighted by molar-refractivity contribution is 6.07. The number of rotatable bonds is 4. The highest BCUT2D eigenvalue weighted by Crippen LogP contribution is 2.40. The van der Waals surface area contributed by atoms with Gasteiger partial charge in [0.15, 0.2) is 5.78 Å². The van der Waals surface area contributed by atoms with Crippen molar-refractivity contribution in [3.63, 3.8) is 0 Å². The molecule has 3 nitrogen and oxygen atoms in total. The third-order valence-corrected chi connectivity index (χ3v) is 3.57. The van der Waals surface area contributed by atoms with E-state index < -0.39 is 11.4 Å². The fourth-order valence-corrected chi connectivity index (χ4v) is 2.34. The summed E-state index contributed by atoms with van der Waals surface area (Å²) in [4.78, 5) is 24.2. The summed E-state index contributed by atoms with van der Waals surface area (Å²) in [7, 11) is 0. The average Bonchev–Trinajstić information content (AvgIpc) is 2.30. The van der Waals surface area contributed by atoms with E-state index in [0.29, 0.717) is 6.61 Å². The highest BCUT2D eigenvalue weighted by Gasteiger charge is 2.45. The number of ketones is 1. The first kappa shape index (κ1) is 12.8. The number of hydrogen-bond acceptors (Lipinski definition) is 3. The highest BCUT2D eigenvalue weighted by atomic mass is 16.5. The van der Waals surface area contributed by atoms with Crippen LogP contribution >= 0.6 is 0 Å². The van der Waals surface area contributed by atoms with Crippen molar-refractivity contribution in [1.29, 1.82) is 0 Å². The Kier molecular flexibility index (Phi) is 3.24. The molecule has 96 valence electrons. The number of esters is 1. The molecule has 2 rings (SSSR count). The molecule has 0 aliphatic heterocycles. The molecule has 3 heteroatoms. The van der Waals surface area contributed by atoms with Crippen molar-refractivity contribution >= 4 is 11.8 Å². The first-order valence-electron chi connectivity index (χ1n) is 6.27. The zero-order valence-corrected chi connectivity index (χ0v) is 11.0. The number of carbonyl (C=O) groups is 2. The van der Waals surface area contributed by atoms with Gasteiger partial charge in [-0.1, -0.05) is 24.3 Å². The molecule has 0 fully saturated rings. The number of hydrogen-bond donors (Lipinski definition) is 0. The van der Waals surface area contributed by atoms with Crippen molar-refractivity contribution in [2.75, 3.05) is 6.61 Å². The van der Waals surface area contributed by atoms with Gasteiger partial charge >= 0.3 is 5.97 Å². The average molecular weight is 246 g/mol. The molecule has 0 spiro atoms. The quantitative estimate of drug-likeness (QED) is 0.605. The van der Waals surface area contributed by atoms with Crippen molar-refractivity contribution in [2.45, 2.75) is 33.1 Å². The Balaban J connectivity index is 2.17. The molecule has 1 aromatic carbocycles. The van der Waals surface area contributed by atoms with Crippen LogP contribution in [0.1, 0.15) is 37.8 Å². The van der Waals surface area contributed by atoms with Crippen molar-refractivity contribution in [2.24, 2.45) is 5.41 Å². The maximum atomic E-state index is 12.4. The van der Waals surface area contributed by atoms with E-state index >= 15 is 0 Å². The number of carbonyl (C=O) groups excluding carboxylic acids is 2. The molecule has 1 aliphatic carbocycles. The second-order valence-electron chi connectivity index (χ2n) is 5.17. The minimum Gasteiger partial charge on any atom is -0.465 e. The predicted octanol–water partition coefficient (Wildman–Crippen LogP) is 2.48. The normalized spacial score (nSPS) is 17.6. The fourth-order valence-electron chi connectivity index (χ4n) is 2.34. The Morgan fingerprint density at radius 1 is 1.33 bits per heavy atom. The Hall–Kier alpha value is -1.64. The summed E-state index contributed by atoms with van der Waals surface area (Å²) >= 11 is 0. The number of Topliss-reactive ketones (excluding diaryl/α,β-unsaturated/α-hetero) is 1. The van der Waals surface area contributed by atoms with Gasteiger partial charge in [0, 0.05) is 5.92 Å². The van der Waals surface area contributed by atoms with Crippen LogP contribution in [-0.2, 0) is 20.7 Å². The molecular weight excluding hydrogens is 228 g/mol. The van der Waals surface area contributed by atoms with Gasteiger partial charge in [-0.25, -0.2) is 0 Å². The molecule has 1 aromatic rings. The molecule has 0 bridgehead atoms. The van der Waals surface area contributed by atoms with Crippen LogP contribution in [0.5, 0.6) is 0 Å². The molecule has 0 saturated carbocycles. The minimum atomic E-state index is -1.06. The lowest BCUT2D eigenvalue weighted by molar-refractivity contribution is -0.158.